The molecule has 102 valence electrons. The largest absolute Gasteiger partial charge is 0.399 e. The van der Waals surface area contributed by atoms with E-state index in [4.69, 9.17) is 5.73 Å². The van der Waals surface area contributed by atoms with Crippen LogP contribution in [0.25, 0.3) is 0 Å². The number of hydrogen-bond donors (Lipinski definition) is 2. The molecule has 3 N–H and O–H groups in total. The van der Waals surface area contributed by atoms with E-state index in [0.29, 0.717) is 24.3 Å². The van der Waals surface area contributed by atoms with Gasteiger partial charge in [-0.25, -0.2) is 0 Å². The number of benzene rings is 1. The number of nitrogens with two attached hydrogens (primary N) is 1. The summed E-state index contributed by atoms with van der Waals surface area (Å²) in [7, 11) is 0. The Morgan fingerprint density at radius 1 is 1.42 bits per heavy atom. The molecule has 5 nitrogen and oxygen atoms in total. The highest BCUT2D eigenvalue weighted by Gasteiger charge is 2.40. The second-order valence-electron chi connectivity index (χ2n) is 5.35. The lowest BCUT2D eigenvalue weighted by atomic mass is 9.96. The van der Waals surface area contributed by atoms with Gasteiger partial charge in [0.15, 0.2) is 0 Å². The highest BCUT2D eigenvalue weighted by atomic mass is 16.2. The van der Waals surface area contributed by atoms with Crippen LogP contribution in [-0.4, -0.2) is 35.3 Å². The van der Waals surface area contributed by atoms with Crippen molar-refractivity contribution in [3.8, 4) is 0 Å². The van der Waals surface area contributed by atoms with Gasteiger partial charge < -0.3 is 16.0 Å². The Balaban J connectivity index is 2.38. The van der Waals surface area contributed by atoms with Crippen molar-refractivity contribution in [1.29, 1.82) is 0 Å². The first-order chi connectivity index (χ1) is 8.84. The van der Waals surface area contributed by atoms with Crippen molar-refractivity contribution < 1.29 is 9.59 Å². The monoisotopic (exact) mass is 261 g/mol. The second-order valence-corrected chi connectivity index (χ2v) is 5.35. The third kappa shape index (κ3) is 2.28. The zero-order valence-electron chi connectivity index (χ0n) is 11.5. The van der Waals surface area contributed by atoms with Crippen molar-refractivity contribution in [2.24, 2.45) is 0 Å². The standard InChI is InChI=1S/C14H19N3O2/c1-9-4-5-10(15)8-11(9)12(18)17-7-6-16-13(19)14(17,2)3/h4-5,8H,6-7,15H2,1-3H3,(H,16,19). The number of aryl methyl sites for hydroxylation is 1. The van der Waals surface area contributed by atoms with Crippen molar-refractivity contribution in [2.45, 2.75) is 26.3 Å². The van der Waals surface area contributed by atoms with Crippen molar-refractivity contribution in [1.82, 2.24) is 10.2 Å². The number of piperazine rings is 1. The molecule has 1 aromatic rings. The summed E-state index contributed by atoms with van der Waals surface area (Å²) in [6.07, 6.45) is 0. The molecule has 0 saturated carbocycles. The highest BCUT2D eigenvalue weighted by Crippen LogP contribution is 2.23. The lowest BCUT2D eigenvalue weighted by Crippen LogP contribution is -2.63. The van der Waals surface area contributed by atoms with Crippen LogP contribution in [0.3, 0.4) is 0 Å². The molecule has 1 saturated heterocycles. The zero-order valence-corrected chi connectivity index (χ0v) is 11.5. The molecule has 0 aromatic heterocycles. The summed E-state index contributed by atoms with van der Waals surface area (Å²) in [6, 6.07) is 5.25. The number of hydrogen-bond acceptors (Lipinski definition) is 3. The first-order valence-electron chi connectivity index (χ1n) is 6.30. The van der Waals surface area contributed by atoms with Gasteiger partial charge >= 0.3 is 0 Å². The Kier molecular flexibility index (Phi) is 3.22. The normalized spacial score (nSPS) is 18.1. The second kappa shape index (κ2) is 4.57. The maximum Gasteiger partial charge on any atom is 0.255 e. The van der Waals surface area contributed by atoms with E-state index in [0.717, 1.165) is 5.56 Å². The fourth-order valence-corrected chi connectivity index (χ4v) is 2.27. The number of anilines is 1. The van der Waals surface area contributed by atoms with Crippen LogP contribution in [0.4, 0.5) is 5.69 Å². The van der Waals surface area contributed by atoms with E-state index in [9.17, 15) is 9.59 Å². The van der Waals surface area contributed by atoms with Crippen LogP contribution in [0.2, 0.25) is 0 Å². The van der Waals surface area contributed by atoms with Crippen LogP contribution in [0.5, 0.6) is 0 Å². The highest BCUT2D eigenvalue weighted by molar-refractivity contribution is 6.01. The van der Waals surface area contributed by atoms with Gasteiger partial charge in [-0.1, -0.05) is 6.07 Å². The Morgan fingerprint density at radius 2 is 2.11 bits per heavy atom. The maximum atomic E-state index is 12.6. The molecular weight excluding hydrogens is 242 g/mol. The van der Waals surface area contributed by atoms with E-state index < -0.39 is 5.54 Å². The van der Waals surface area contributed by atoms with Crippen LogP contribution in [0.1, 0.15) is 29.8 Å². The Morgan fingerprint density at radius 3 is 2.79 bits per heavy atom. The first-order valence-corrected chi connectivity index (χ1v) is 6.30. The molecule has 19 heavy (non-hydrogen) atoms. The number of carbonyl (C=O) groups is 2. The van der Waals surface area contributed by atoms with E-state index in [2.05, 4.69) is 5.32 Å². The Labute approximate surface area is 112 Å². The molecule has 1 fully saturated rings. The van der Waals surface area contributed by atoms with Crippen LogP contribution in [0.15, 0.2) is 18.2 Å². The van der Waals surface area contributed by atoms with Gasteiger partial charge in [-0.15, -0.1) is 0 Å². The van der Waals surface area contributed by atoms with Gasteiger partial charge in [-0.2, -0.15) is 0 Å². The minimum absolute atomic E-state index is 0.131. The molecule has 0 radical (unpaired) electrons. The van der Waals surface area contributed by atoms with Crippen LogP contribution in [0, 0.1) is 6.92 Å². The average Bonchev–Trinajstić information content (AvgIpc) is 2.35. The fraction of sp³-hybridized carbons (Fsp3) is 0.429. The van der Waals surface area contributed by atoms with Gasteiger partial charge in [-0.05, 0) is 38.5 Å². The molecule has 0 spiro atoms. The molecule has 0 aliphatic carbocycles. The van der Waals surface area contributed by atoms with Gasteiger partial charge in [0.25, 0.3) is 5.91 Å². The van der Waals surface area contributed by atoms with Gasteiger partial charge in [0.1, 0.15) is 5.54 Å². The van der Waals surface area contributed by atoms with E-state index >= 15 is 0 Å². The lowest BCUT2D eigenvalue weighted by Gasteiger charge is -2.41. The minimum atomic E-state index is -0.841. The summed E-state index contributed by atoms with van der Waals surface area (Å²) in [6.45, 7) is 6.35. The molecule has 1 heterocycles. The summed E-state index contributed by atoms with van der Waals surface area (Å²) in [4.78, 5) is 26.1. The van der Waals surface area contributed by atoms with Crippen LogP contribution in [-0.2, 0) is 4.79 Å². The van der Waals surface area contributed by atoms with Gasteiger partial charge in [0.2, 0.25) is 5.91 Å². The van der Waals surface area contributed by atoms with Crippen molar-refractivity contribution in [3.63, 3.8) is 0 Å². The SMILES string of the molecule is Cc1ccc(N)cc1C(=O)N1CCNC(=O)C1(C)C. The van der Waals surface area contributed by atoms with E-state index in [-0.39, 0.29) is 11.8 Å². The summed E-state index contributed by atoms with van der Waals surface area (Å²) in [5, 5.41) is 2.78. The number of rotatable bonds is 1. The number of carbonyl (C=O) groups excluding carboxylic acids is 2. The summed E-state index contributed by atoms with van der Waals surface area (Å²) >= 11 is 0. The quantitative estimate of drug-likeness (QED) is 0.738. The van der Waals surface area contributed by atoms with Gasteiger partial charge in [0, 0.05) is 24.3 Å². The Bertz CT molecular complexity index is 537. The molecule has 1 aliphatic rings. The molecule has 0 unspecified atom stereocenters. The molecule has 5 heteroatoms. The summed E-state index contributed by atoms with van der Waals surface area (Å²) in [5.74, 6) is -0.279. The topological polar surface area (TPSA) is 75.4 Å². The Hall–Kier alpha value is -2.04. The number of nitrogens with zero attached hydrogens (tertiary/aromatic N) is 1. The van der Waals surface area contributed by atoms with E-state index in [1.54, 1.807) is 30.9 Å². The van der Waals surface area contributed by atoms with E-state index in [1.165, 1.54) is 0 Å². The molecule has 2 amide bonds. The predicted molar refractivity (Wildman–Crippen MR) is 73.7 cm³/mol. The lowest BCUT2D eigenvalue weighted by molar-refractivity contribution is -0.133. The van der Waals surface area contributed by atoms with Crippen LogP contribution >= 0.6 is 0 Å². The maximum absolute atomic E-state index is 12.6. The van der Waals surface area contributed by atoms with Crippen LogP contribution < -0.4 is 11.1 Å². The minimum Gasteiger partial charge on any atom is -0.399 e. The number of nitrogens with one attached hydrogen (secondary N) is 1. The molecule has 1 aliphatic heterocycles. The zero-order chi connectivity index (χ0) is 14.2. The third-order valence-electron chi connectivity index (χ3n) is 3.59. The smallest absolute Gasteiger partial charge is 0.255 e. The molecular formula is C14H19N3O2. The molecule has 0 bridgehead atoms. The van der Waals surface area contributed by atoms with Gasteiger partial charge in [-0.3, -0.25) is 9.59 Å². The molecule has 0 atom stereocenters. The van der Waals surface area contributed by atoms with Gasteiger partial charge in [0.05, 0.1) is 0 Å². The average molecular weight is 261 g/mol. The third-order valence-corrected chi connectivity index (χ3v) is 3.59. The van der Waals surface area contributed by atoms with Crippen molar-refractivity contribution in [3.05, 3.63) is 29.3 Å². The number of amides is 2. The fourth-order valence-electron chi connectivity index (χ4n) is 2.27. The predicted octanol–water partition coefficient (Wildman–Crippen LogP) is 0.928. The van der Waals surface area contributed by atoms with Crippen molar-refractivity contribution >= 4 is 17.5 Å². The summed E-state index contributed by atoms with van der Waals surface area (Å²) in [5.41, 5.74) is 6.87. The number of nitrogen functional groups attached to an aromatic ring is 1. The van der Waals surface area contributed by atoms with Crippen molar-refractivity contribution in [2.75, 3.05) is 18.8 Å². The molecule has 1 aromatic carbocycles. The van der Waals surface area contributed by atoms with E-state index in [1.807, 2.05) is 13.0 Å². The first kappa shape index (κ1) is 13.4. The summed E-state index contributed by atoms with van der Waals surface area (Å²) < 4.78 is 0. The molecule has 2 rings (SSSR count).